The Labute approximate surface area is 142 Å². The summed E-state index contributed by atoms with van der Waals surface area (Å²) in [5, 5.41) is 14.2. The lowest BCUT2D eigenvalue weighted by Gasteiger charge is -2.23. The van der Waals surface area contributed by atoms with E-state index in [-0.39, 0.29) is 23.6 Å². The lowest BCUT2D eigenvalue weighted by molar-refractivity contribution is -0.143. The van der Waals surface area contributed by atoms with Crippen molar-refractivity contribution in [3.05, 3.63) is 11.4 Å². The van der Waals surface area contributed by atoms with Gasteiger partial charge in [0.2, 0.25) is 0 Å². The van der Waals surface area contributed by atoms with E-state index in [1.165, 1.54) is 7.11 Å². The number of hydrogen-bond acceptors (Lipinski definition) is 6. The van der Waals surface area contributed by atoms with Crippen molar-refractivity contribution in [1.82, 2.24) is 25.6 Å². The molecule has 1 aliphatic heterocycles. The van der Waals surface area contributed by atoms with E-state index >= 15 is 0 Å². The van der Waals surface area contributed by atoms with Gasteiger partial charge in [0.05, 0.1) is 18.8 Å². The van der Waals surface area contributed by atoms with E-state index in [4.69, 9.17) is 4.74 Å². The molecule has 2 heterocycles. The molecular formula is C16H27N5O3. The highest BCUT2D eigenvalue weighted by molar-refractivity contribution is 5.95. The second-order valence-corrected chi connectivity index (χ2v) is 6.63. The molecule has 2 N–H and O–H groups in total. The van der Waals surface area contributed by atoms with Gasteiger partial charge in [-0.15, -0.1) is 5.10 Å². The van der Waals surface area contributed by atoms with Gasteiger partial charge in [-0.3, -0.25) is 4.79 Å². The summed E-state index contributed by atoms with van der Waals surface area (Å²) in [6, 6.07) is -0.418. The summed E-state index contributed by atoms with van der Waals surface area (Å²) in [6.07, 6.45) is 2.44. The molecule has 1 unspecified atom stereocenters. The van der Waals surface area contributed by atoms with Crippen LogP contribution in [0, 0.1) is 12.8 Å². The molecule has 134 valence electrons. The molecule has 1 atom stereocenters. The summed E-state index contributed by atoms with van der Waals surface area (Å²) in [5.41, 5.74) is 0.999. The third kappa shape index (κ3) is 4.31. The van der Waals surface area contributed by atoms with Crippen LogP contribution in [0.25, 0.3) is 0 Å². The summed E-state index contributed by atoms with van der Waals surface area (Å²) in [7, 11) is 1.32. The van der Waals surface area contributed by atoms with Crippen molar-refractivity contribution in [2.75, 3.05) is 20.2 Å². The molecule has 2 rings (SSSR count). The van der Waals surface area contributed by atoms with E-state index in [0.29, 0.717) is 6.42 Å². The Morgan fingerprint density at radius 1 is 1.38 bits per heavy atom. The van der Waals surface area contributed by atoms with Crippen LogP contribution in [0.2, 0.25) is 0 Å². The number of nitrogens with zero attached hydrogens (tertiary/aromatic N) is 3. The molecule has 1 aromatic rings. The number of ether oxygens (including phenoxy) is 1. The van der Waals surface area contributed by atoms with Crippen molar-refractivity contribution >= 4 is 11.9 Å². The average molecular weight is 337 g/mol. The second-order valence-electron chi connectivity index (χ2n) is 6.63. The first-order chi connectivity index (χ1) is 11.4. The minimum Gasteiger partial charge on any atom is -0.467 e. The third-order valence-electron chi connectivity index (χ3n) is 4.30. The molecule has 8 nitrogen and oxygen atoms in total. The second kappa shape index (κ2) is 8.23. The van der Waals surface area contributed by atoms with Gasteiger partial charge >= 0.3 is 5.97 Å². The van der Waals surface area contributed by atoms with Crippen LogP contribution < -0.4 is 10.6 Å². The lowest BCUT2D eigenvalue weighted by atomic mass is 10.0. The largest absolute Gasteiger partial charge is 0.467 e. The summed E-state index contributed by atoms with van der Waals surface area (Å²) >= 11 is 0. The van der Waals surface area contributed by atoms with Crippen LogP contribution in [0.3, 0.4) is 0 Å². The molecule has 1 aliphatic rings. The van der Waals surface area contributed by atoms with E-state index in [1.807, 2.05) is 25.5 Å². The van der Waals surface area contributed by atoms with E-state index < -0.39 is 12.0 Å². The Kier molecular flexibility index (Phi) is 6.30. The molecule has 0 aliphatic carbocycles. The highest BCUT2D eigenvalue weighted by atomic mass is 16.5. The maximum atomic E-state index is 12.5. The molecule has 1 amide bonds. The summed E-state index contributed by atoms with van der Waals surface area (Å²) < 4.78 is 6.60. The molecule has 0 radical (unpaired) electrons. The number of carbonyl (C=O) groups excluding carboxylic acids is 2. The van der Waals surface area contributed by atoms with Gasteiger partial charge < -0.3 is 15.4 Å². The Morgan fingerprint density at radius 2 is 2.04 bits per heavy atom. The maximum absolute atomic E-state index is 12.5. The molecule has 1 saturated heterocycles. The number of rotatable bonds is 6. The van der Waals surface area contributed by atoms with Crippen LogP contribution in [0.4, 0.5) is 0 Å². The normalized spacial score (nSPS) is 16.9. The van der Waals surface area contributed by atoms with Crippen molar-refractivity contribution in [3.63, 3.8) is 0 Å². The van der Waals surface area contributed by atoms with Crippen LogP contribution in [-0.4, -0.2) is 53.1 Å². The molecule has 0 spiro atoms. The molecule has 24 heavy (non-hydrogen) atoms. The van der Waals surface area contributed by atoms with Gasteiger partial charge in [-0.2, -0.15) is 0 Å². The fourth-order valence-electron chi connectivity index (χ4n) is 3.00. The molecular weight excluding hydrogens is 310 g/mol. The maximum Gasteiger partial charge on any atom is 0.328 e. The summed E-state index contributed by atoms with van der Waals surface area (Å²) in [4.78, 5) is 24.4. The van der Waals surface area contributed by atoms with E-state index in [9.17, 15) is 9.59 Å². The smallest absolute Gasteiger partial charge is 0.328 e. The standard InChI is InChI=1S/C16H27N5O3/c1-10(2)9-13(16(23)24-4)18-15(22)14-11(3)21(20-19-14)12-5-7-17-8-6-12/h10,12-13,17H,5-9H2,1-4H3,(H,18,22). The van der Waals surface area contributed by atoms with Gasteiger partial charge in [-0.05, 0) is 45.2 Å². The number of amides is 1. The van der Waals surface area contributed by atoms with Gasteiger partial charge in [-0.1, -0.05) is 19.1 Å². The first-order valence-electron chi connectivity index (χ1n) is 8.45. The SMILES string of the molecule is COC(=O)C(CC(C)C)NC(=O)c1nnn(C2CCNCC2)c1C. The fraction of sp³-hybridized carbons (Fsp3) is 0.750. The van der Waals surface area contributed by atoms with E-state index in [0.717, 1.165) is 31.6 Å². The Bertz CT molecular complexity index is 578. The number of methoxy groups -OCH3 is 1. The average Bonchev–Trinajstić information content (AvgIpc) is 2.95. The lowest BCUT2D eigenvalue weighted by Crippen LogP contribution is -2.42. The molecule has 1 aromatic heterocycles. The summed E-state index contributed by atoms with van der Waals surface area (Å²) in [6.45, 7) is 7.68. The van der Waals surface area contributed by atoms with Crippen LogP contribution in [0.15, 0.2) is 0 Å². The van der Waals surface area contributed by atoms with Crippen LogP contribution in [-0.2, 0) is 9.53 Å². The molecule has 0 saturated carbocycles. The number of esters is 1. The third-order valence-corrected chi connectivity index (χ3v) is 4.30. The highest BCUT2D eigenvalue weighted by Crippen LogP contribution is 2.20. The summed E-state index contributed by atoms with van der Waals surface area (Å²) in [5.74, 6) is -0.579. The number of aromatic nitrogens is 3. The van der Waals surface area contributed by atoms with Crippen molar-refractivity contribution < 1.29 is 14.3 Å². The van der Waals surface area contributed by atoms with Crippen molar-refractivity contribution in [3.8, 4) is 0 Å². The quantitative estimate of drug-likeness (QED) is 0.746. The van der Waals surface area contributed by atoms with Gasteiger partial charge in [0.25, 0.3) is 5.91 Å². The van der Waals surface area contributed by atoms with E-state index in [1.54, 1.807) is 0 Å². The minimum atomic E-state index is -0.675. The van der Waals surface area contributed by atoms with Gasteiger partial charge in [0.15, 0.2) is 5.69 Å². The predicted octanol–water partition coefficient (Wildman–Crippen LogP) is 0.829. The predicted molar refractivity (Wildman–Crippen MR) is 88.6 cm³/mol. The minimum absolute atomic E-state index is 0.251. The molecule has 8 heteroatoms. The number of carbonyl (C=O) groups is 2. The zero-order valence-electron chi connectivity index (χ0n) is 14.8. The Balaban J connectivity index is 2.11. The van der Waals surface area contributed by atoms with Crippen molar-refractivity contribution in [2.24, 2.45) is 5.92 Å². The fourth-order valence-corrected chi connectivity index (χ4v) is 3.00. The number of hydrogen-bond donors (Lipinski definition) is 2. The van der Waals surface area contributed by atoms with Crippen LogP contribution in [0.1, 0.15) is 55.3 Å². The Hall–Kier alpha value is -1.96. The first kappa shape index (κ1) is 18.4. The molecule has 0 bridgehead atoms. The Morgan fingerprint density at radius 3 is 2.62 bits per heavy atom. The highest BCUT2D eigenvalue weighted by Gasteiger charge is 2.27. The number of piperidine rings is 1. The molecule has 1 fully saturated rings. The van der Waals surface area contributed by atoms with Crippen LogP contribution in [0.5, 0.6) is 0 Å². The van der Waals surface area contributed by atoms with Gasteiger partial charge in [0, 0.05) is 0 Å². The zero-order valence-corrected chi connectivity index (χ0v) is 14.8. The first-order valence-corrected chi connectivity index (χ1v) is 8.45. The molecule has 0 aromatic carbocycles. The topological polar surface area (TPSA) is 98.1 Å². The van der Waals surface area contributed by atoms with E-state index in [2.05, 4.69) is 20.9 Å². The zero-order chi connectivity index (χ0) is 17.7. The van der Waals surface area contributed by atoms with Gasteiger partial charge in [0.1, 0.15) is 6.04 Å². The van der Waals surface area contributed by atoms with Gasteiger partial charge in [-0.25, -0.2) is 9.48 Å². The van der Waals surface area contributed by atoms with Crippen molar-refractivity contribution in [2.45, 2.75) is 52.1 Å². The van der Waals surface area contributed by atoms with Crippen LogP contribution >= 0.6 is 0 Å². The number of nitrogens with one attached hydrogen (secondary N) is 2. The monoisotopic (exact) mass is 337 g/mol. The van der Waals surface area contributed by atoms with Crippen molar-refractivity contribution in [1.29, 1.82) is 0 Å².